The summed E-state index contributed by atoms with van der Waals surface area (Å²) in [6, 6.07) is 0.518. The van der Waals surface area contributed by atoms with Crippen molar-refractivity contribution in [2.45, 2.75) is 31.7 Å². The molecule has 5 nitrogen and oxygen atoms in total. The zero-order valence-electron chi connectivity index (χ0n) is 11.2. The number of carboxylic acid groups (broad SMARTS) is 1. The van der Waals surface area contributed by atoms with Gasteiger partial charge in [-0.15, -0.1) is 11.8 Å². The molecule has 6 heteroatoms. The molecule has 0 aromatic rings. The monoisotopic (exact) mass is 286 g/mol. The van der Waals surface area contributed by atoms with Crippen molar-refractivity contribution in [2.75, 3.05) is 37.7 Å². The maximum absolute atomic E-state index is 12.0. The van der Waals surface area contributed by atoms with Gasteiger partial charge in [-0.05, 0) is 38.8 Å². The Bertz CT molecular complexity index is 332. The van der Waals surface area contributed by atoms with Gasteiger partial charge in [0.15, 0.2) is 0 Å². The molecule has 0 aromatic heterocycles. The molecule has 2 heterocycles. The van der Waals surface area contributed by atoms with Gasteiger partial charge in [0.25, 0.3) is 0 Å². The molecule has 2 fully saturated rings. The van der Waals surface area contributed by atoms with Crippen LogP contribution in [0.4, 0.5) is 0 Å². The van der Waals surface area contributed by atoms with Gasteiger partial charge in [-0.3, -0.25) is 14.5 Å². The molecule has 1 amide bonds. The molecule has 0 radical (unpaired) electrons. The van der Waals surface area contributed by atoms with Crippen molar-refractivity contribution >= 4 is 23.6 Å². The first-order chi connectivity index (χ1) is 9.16. The Balaban J connectivity index is 1.76. The van der Waals surface area contributed by atoms with Crippen LogP contribution in [0.5, 0.6) is 0 Å². The van der Waals surface area contributed by atoms with Crippen LogP contribution in [0.25, 0.3) is 0 Å². The molecule has 2 saturated heterocycles. The lowest BCUT2D eigenvalue weighted by Crippen LogP contribution is -2.49. The minimum atomic E-state index is -0.855. The van der Waals surface area contributed by atoms with E-state index in [1.54, 1.807) is 0 Å². The zero-order valence-corrected chi connectivity index (χ0v) is 12.0. The smallest absolute Gasteiger partial charge is 0.313 e. The summed E-state index contributed by atoms with van der Waals surface area (Å²) in [7, 11) is 0. The van der Waals surface area contributed by atoms with E-state index >= 15 is 0 Å². The van der Waals surface area contributed by atoms with E-state index < -0.39 is 5.97 Å². The molecule has 1 atom stereocenters. The Hall–Kier alpha value is -0.750. The highest BCUT2D eigenvalue weighted by atomic mass is 32.2. The fraction of sp³-hybridized carbons (Fsp3) is 0.846. The first kappa shape index (κ1) is 14.7. The molecule has 0 aromatic carbocycles. The number of carbonyl (C=O) groups excluding carboxylic acids is 1. The summed E-state index contributed by atoms with van der Waals surface area (Å²) in [5, 5.41) is 8.57. The second-order valence-electron chi connectivity index (χ2n) is 5.27. The van der Waals surface area contributed by atoms with E-state index in [4.69, 9.17) is 5.11 Å². The number of nitrogens with zero attached hydrogens (tertiary/aromatic N) is 2. The topological polar surface area (TPSA) is 60.9 Å². The van der Waals surface area contributed by atoms with Crippen LogP contribution < -0.4 is 0 Å². The molecule has 1 N–H and O–H groups in total. The fourth-order valence-electron chi connectivity index (χ4n) is 2.90. The van der Waals surface area contributed by atoms with E-state index in [1.807, 2.05) is 4.90 Å². The highest BCUT2D eigenvalue weighted by Crippen LogP contribution is 2.21. The molecular weight excluding hydrogens is 264 g/mol. The molecule has 0 bridgehead atoms. The summed E-state index contributed by atoms with van der Waals surface area (Å²) in [6.45, 7) is 3.99. The zero-order chi connectivity index (χ0) is 13.7. The molecule has 0 saturated carbocycles. The number of aliphatic carboxylic acids is 1. The predicted octanol–water partition coefficient (Wildman–Crippen LogP) is 0.891. The largest absolute Gasteiger partial charge is 0.481 e. The third kappa shape index (κ3) is 4.38. The highest BCUT2D eigenvalue weighted by Gasteiger charge is 2.28. The van der Waals surface area contributed by atoms with E-state index in [-0.39, 0.29) is 11.7 Å². The number of likely N-dealkylation sites (tertiary alicyclic amines) is 2. The molecule has 2 aliphatic rings. The van der Waals surface area contributed by atoms with Gasteiger partial charge in [-0.2, -0.15) is 0 Å². The molecule has 2 aliphatic heterocycles. The molecule has 0 spiro atoms. The van der Waals surface area contributed by atoms with Crippen LogP contribution in [0.15, 0.2) is 0 Å². The first-order valence-electron chi connectivity index (χ1n) is 6.98. The van der Waals surface area contributed by atoms with Crippen LogP contribution in [0.1, 0.15) is 25.7 Å². The summed E-state index contributed by atoms with van der Waals surface area (Å²) in [4.78, 5) is 26.9. The van der Waals surface area contributed by atoms with Gasteiger partial charge in [0.2, 0.25) is 5.91 Å². The Morgan fingerprint density at radius 2 is 1.84 bits per heavy atom. The summed E-state index contributed by atoms with van der Waals surface area (Å²) < 4.78 is 0. The lowest BCUT2D eigenvalue weighted by atomic mass is 10.0. The quantitative estimate of drug-likeness (QED) is 0.813. The van der Waals surface area contributed by atoms with Crippen molar-refractivity contribution in [3.05, 3.63) is 0 Å². The van der Waals surface area contributed by atoms with E-state index in [0.717, 1.165) is 19.5 Å². The van der Waals surface area contributed by atoms with Gasteiger partial charge in [0, 0.05) is 19.1 Å². The third-order valence-corrected chi connectivity index (χ3v) is 4.76. The number of thioether (sulfide) groups is 1. The van der Waals surface area contributed by atoms with Gasteiger partial charge in [-0.1, -0.05) is 0 Å². The number of piperidine rings is 1. The molecule has 2 rings (SSSR count). The van der Waals surface area contributed by atoms with Crippen molar-refractivity contribution in [2.24, 2.45) is 0 Å². The van der Waals surface area contributed by atoms with Gasteiger partial charge in [0.05, 0.1) is 11.5 Å². The minimum absolute atomic E-state index is 0.00906. The standard InChI is InChI=1S/C13H22N2O3S/c16-12(9-19-10-13(17)18)15-7-3-4-11(8-15)14-5-1-2-6-14/h11H,1-10H2,(H,17,18). The Labute approximate surface area is 118 Å². The van der Waals surface area contributed by atoms with Gasteiger partial charge >= 0.3 is 5.97 Å². The molecule has 0 aliphatic carbocycles. The second-order valence-corrected chi connectivity index (χ2v) is 6.25. The van der Waals surface area contributed by atoms with Crippen LogP contribution in [-0.4, -0.2) is 70.5 Å². The number of carbonyl (C=O) groups is 2. The summed E-state index contributed by atoms with van der Waals surface area (Å²) in [6.07, 6.45) is 4.81. The number of amides is 1. The van der Waals surface area contributed by atoms with E-state index in [2.05, 4.69) is 4.90 Å². The van der Waals surface area contributed by atoms with E-state index in [0.29, 0.717) is 11.8 Å². The Kier molecular flexibility index (Phi) is 5.51. The maximum atomic E-state index is 12.0. The van der Waals surface area contributed by atoms with Crippen LogP contribution in [0.2, 0.25) is 0 Å². The Morgan fingerprint density at radius 3 is 2.53 bits per heavy atom. The Morgan fingerprint density at radius 1 is 1.11 bits per heavy atom. The number of rotatable bonds is 5. The summed E-state index contributed by atoms with van der Waals surface area (Å²) in [5.41, 5.74) is 0. The number of carboxylic acids is 1. The lowest BCUT2D eigenvalue weighted by Gasteiger charge is -2.37. The summed E-state index contributed by atoms with van der Waals surface area (Å²) >= 11 is 1.19. The maximum Gasteiger partial charge on any atom is 0.313 e. The van der Waals surface area contributed by atoms with Crippen LogP contribution in [0, 0.1) is 0 Å². The van der Waals surface area contributed by atoms with Crippen molar-refractivity contribution in [3.63, 3.8) is 0 Å². The first-order valence-corrected chi connectivity index (χ1v) is 8.13. The van der Waals surface area contributed by atoms with Crippen LogP contribution in [-0.2, 0) is 9.59 Å². The van der Waals surface area contributed by atoms with Gasteiger partial charge < -0.3 is 10.0 Å². The number of hydrogen-bond donors (Lipinski definition) is 1. The average Bonchev–Trinajstić information content (AvgIpc) is 2.92. The van der Waals surface area contributed by atoms with Crippen molar-refractivity contribution in [1.29, 1.82) is 0 Å². The SMILES string of the molecule is O=C(O)CSCC(=O)N1CCCC(N2CCCC2)C1. The molecule has 1 unspecified atom stereocenters. The second kappa shape index (κ2) is 7.14. The van der Waals surface area contributed by atoms with Crippen molar-refractivity contribution in [1.82, 2.24) is 9.80 Å². The van der Waals surface area contributed by atoms with Crippen LogP contribution >= 0.6 is 11.8 Å². The highest BCUT2D eigenvalue weighted by molar-refractivity contribution is 8.00. The van der Waals surface area contributed by atoms with E-state index in [1.165, 1.54) is 44.1 Å². The van der Waals surface area contributed by atoms with Crippen molar-refractivity contribution < 1.29 is 14.7 Å². The molecular formula is C13H22N2O3S. The van der Waals surface area contributed by atoms with Crippen molar-refractivity contribution in [3.8, 4) is 0 Å². The lowest BCUT2D eigenvalue weighted by molar-refractivity contribution is -0.133. The molecule has 19 heavy (non-hydrogen) atoms. The van der Waals surface area contributed by atoms with E-state index in [9.17, 15) is 9.59 Å². The predicted molar refractivity (Wildman–Crippen MR) is 75.4 cm³/mol. The van der Waals surface area contributed by atoms with Gasteiger partial charge in [0.1, 0.15) is 0 Å². The average molecular weight is 286 g/mol. The van der Waals surface area contributed by atoms with Crippen LogP contribution in [0.3, 0.4) is 0 Å². The summed E-state index contributed by atoms with van der Waals surface area (Å²) in [5.74, 6) is -0.463. The normalized spacial score (nSPS) is 24.6. The third-order valence-electron chi connectivity index (χ3n) is 3.86. The fourth-order valence-corrected chi connectivity index (χ4v) is 3.54. The van der Waals surface area contributed by atoms with Gasteiger partial charge in [-0.25, -0.2) is 0 Å². The molecule has 108 valence electrons. The number of hydrogen-bond acceptors (Lipinski definition) is 4. The minimum Gasteiger partial charge on any atom is -0.481 e.